The number of nitrogens with zero attached hydrogens (tertiary/aromatic N) is 1. The smallest absolute Gasteiger partial charge is 0.336 e. The molecule has 10 heteroatoms. The average Bonchev–Trinajstić information content (AvgIpc) is 2.92. The lowest BCUT2D eigenvalue weighted by molar-refractivity contribution is -0.384. The van der Waals surface area contributed by atoms with Crippen LogP contribution >= 0.6 is 0 Å². The van der Waals surface area contributed by atoms with E-state index in [4.69, 9.17) is 14.2 Å². The molecule has 2 aromatic rings. The molecule has 0 radical (unpaired) electrons. The molecule has 1 N–H and O–H groups in total. The van der Waals surface area contributed by atoms with Crippen LogP contribution in [0.2, 0.25) is 0 Å². The maximum absolute atomic E-state index is 14.3. The summed E-state index contributed by atoms with van der Waals surface area (Å²) in [4.78, 5) is 51.9. The van der Waals surface area contributed by atoms with Crippen molar-refractivity contribution in [1.82, 2.24) is 5.32 Å². The zero-order chi connectivity index (χ0) is 28.3. The summed E-state index contributed by atoms with van der Waals surface area (Å²) in [6, 6.07) is 13.0. The van der Waals surface area contributed by atoms with Gasteiger partial charge in [-0.1, -0.05) is 30.3 Å². The lowest BCUT2D eigenvalue weighted by Crippen LogP contribution is -2.43. The number of carbonyl (C=O) groups excluding carboxylic acids is 3. The molecule has 0 spiro atoms. The third kappa shape index (κ3) is 5.14. The van der Waals surface area contributed by atoms with Gasteiger partial charge in [0, 0.05) is 40.9 Å². The number of nitrogens with one attached hydrogen (secondary N) is 1. The molecule has 2 aromatic carbocycles. The molecule has 1 heterocycles. The zero-order valence-electron chi connectivity index (χ0n) is 22.2. The van der Waals surface area contributed by atoms with Crippen LogP contribution in [0.25, 0.3) is 0 Å². The standard InChI is InChI=1S/C29H30N2O8/c1-5-38-28(33)23-16(3)30-21-15-20(19-12-7-8-13-22(19)37-4)25(29(34)39-6-2)27(32)26(21)24(23)17-10-9-11-18(14-17)31(35)36/h7-14,20,24-25,30H,5-6,15H2,1-4H3/t20-,24+,25-/m1/s1. The van der Waals surface area contributed by atoms with Gasteiger partial charge < -0.3 is 19.5 Å². The number of ether oxygens (including phenoxy) is 3. The Bertz CT molecular complexity index is 1390. The van der Waals surface area contributed by atoms with E-state index in [2.05, 4.69) is 5.32 Å². The summed E-state index contributed by atoms with van der Waals surface area (Å²) in [5.74, 6) is -4.15. The van der Waals surface area contributed by atoms with Crippen molar-refractivity contribution in [3.8, 4) is 5.75 Å². The van der Waals surface area contributed by atoms with Crippen LogP contribution < -0.4 is 10.1 Å². The number of carbonyl (C=O) groups is 3. The number of para-hydroxylation sites is 1. The fourth-order valence-electron chi connectivity index (χ4n) is 5.43. The predicted octanol–water partition coefficient (Wildman–Crippen LogP) is 4.32. The number of Topliss-reactive ketones (excluding diaryl/α,β-unsaturated/α-hetero) is 1. The Morgan fingerprint density at radius 1 is 1.08 bits per heavy atom. The van der Waals surface area contributed by atoms with E-state index in [9.17, 15) is 24.5 Å². The topological polar surface area (TPSA) is 134 Å². The van der Waals surface area contributed by atoms with Crippen molar-refractivity contribution in [2.75, 3.05) is 20.3 Å². The molecular weight excluding hydrogens is 504 g/mol. The molecule has 0 bridgehead atoms. The van der Waals surface area contributed by atoms with Gasteiger partial charge in [0.05, 0.1) is 30.8 Å². The van der Waals surface area contributed by atoms with Crippen molar-refractivity contribution >= 4 is 23.4 Å². The highest BCUT2D eigenvalue weighted by Gasteiger charge is 2.49. The van der Waals surface area contributed by atoms with E-state index in [0.717, 1.165) is 0 Å². The number of hydrogen-bond acceptors (Lipinski definition) is 9. The number of hydrogen-bond donors (Lipinski definition) is 1. The van der Waals surface area contributed by atoms with Gasteiger partial charge in [0.1, 0.15) is 11.7 Å². The SMILES string of the molecule is CCOC(=O)C1=C(C)NC2=C(C(=O)[C@H](C(=O)OCC)[C@@H](c3ccccc3OC)C2)[C@H]1c1cccc([N+](=O)[O-])c1. The molecule has 2 aliphatic rings. The summed E-state index contributed by atoms with van der Waals surface area (Å²) in [7, 11) is 1.52. The number of esters is 2. The van der Waals surface area contributed by atoms with Crippen molar-refractivity contribution in [1.29, 1.82) is 0 Å². The minimum atomic E-state index is -1.22. The molecule has 0 saturated carbocycles. The first-order chi connectivity index (χ1) is 18.7. The molecule has 0 unspecified atom stereocenters. The predicted molar refractivity (Wildman–Crippen MR) is 141 cm³/mol. The molecule has 0 aromatic heterocycles. The first-order valence-corrected chi connectivity index (χ1v) is 12.7. The maximum Gasteiger partial charge on any atom is 0.336 e. The quantitative estimate of drug-likeness (QED) is 0.227. The summed E-state index contributed by atoms with van der Waals surface area (Å²) in [6.45, 7) is 5.19. The van der Waals surface area contributed by atoms with E-state index < -0.39 is 40.4 Å². The van der Waals surface area contributed by atoms with Gasteiger partial charge in [-0.05, 0) is 44.4 Å². The van der Waals surface area contributed by atoms with Crippen LogP contribution in [-0.4, -0.2) is 43.0 Å². The number of nitro groups is 1. The molecule has 39 heavy (non-hydrogen) atoms. The molecule has 3 atom stereocenters. The second-order valence-electron chi connectivity index (χ2n) is 9.21. The number of rotatable bonds is 8. The second-order valence-corrected chi connectivity index (χ2v) is 9.21. The van der Waals surface area contributed by atoms with E-state index >= 15 is 0 Å². The van der Waals surface area contributed by atoms with Gasteiger partial charge in [0.2, 0.25) is 0 Å². The Morgan fingerprint density at radius 2 is 1.79 bits per heavy atom. The van der Waals surface area contributed by atoms with Crippen molar-refractivity contribution < 1.29 is 33.5 Å². The lowest BCUT2D eigenvalue weighted by atomic mass is 9.67. The van der Waals surface area contributed by atoms with Crippen LogP contribution in [0.3, 0.4) is 0 Å². The summed E-state index contributed by atoms with van der Waals surface area (Å²) in [5.41, 5.74) is 2.18. The van der Waals surface area contributed by atoms with Crippen LogP contribution in [0, 0.1) is 16.0 Å². The highest BCUT2D eigenvalue weighted by Crippen LogP contribution is 2.49. The Balaban J connectivity index is 1.94. The Kier molecular flexibility index (Phi) is 8.13. The molecular formula is C29H30N2O8. The van der Waals surface area contributed by atoms with E-state index in [0.29, 0.717) is 28.3 Å². The zero-order valence-corrected chi connectivity index (χ0v) is 22.2. The van der Waals surface area contributed by atoms with Gasteiger partial charge in [-0.15, -0.1) is 0 Å². The van der Waals surface area contributed by atoms with Crippen LogP contribution in [0.15, 0.2) is 71.1 Å². The normalized spacial score (nSPS) is 20.6. The van der Waals surface area contributed by atoms with E-state index in [1.54, 1.807) is 45.0 Å². The second kappa shape index (κ2) is 11.5. The first kappa shape index (κ1) is 27.6. The third-order valence-electron chi connectivity index (χ3n) is 7.01. The molecule has 4 rings (SSSR count). The van der Waals surface area contributed by atoms with Crippen LogP contribution in [0.4, 0.5) is 5.69 Å². The van der Waals surface area contributed by atoms with Crippen molar-refractivity contribution in [2.45, 2.75) is 39.0 Å². The fraction of sp³-hybridized carbons (Fsp3) is 0.345. The van der Waals surface area contributed by atoms with E-state index in [1.165, 1.54) is 25.3 Å². The van der Waals surface area contributed by atoms with Gasteiger partial charge in [-0.25, -0.2) is 4.79 Å². The Labute approximate surface area is 225 Å². The largest absolute Gasteiger partial charge is 0.496 e. The van der Waals surface area contributed by atoms with Gasteiger partial charge in [-0.2, -0.15) is 0 Å². The molecule has 1 aliphatic heterocycles. The highest BCUT2D eigenvalue weighted by atomic mass is 16.6. The number of dihydropyridines is 1. The number of ketones is 1. The Morgan fingerprint density at radius 3 is 2.46 bits per heavy atom. The summed E-state index contributed by atoms with van der Waals surface area (Å²) in [5, 5.41) is 14.8. The molecule has 1 aliphatic carbocycles. The summed E-state index contributed by atoms with van der Waals surface area (Å²) >= 11 is 0. The van der Waals surface area contributed by atoms with Gasteiger partial charge in [0.15, 0.2) is 5.78 Å². The number of non-ortho nitro benzene ring substituents is 1. The van der Waals surface area contributed by atoms with Crippen molar-refractivity contribution in [3.05, 3.63) is 92.3 Å². The fourth-order valence-corrected chi connectivity index (χ4v) is 5.43. The minimum absolute atomic E-state index is 0.0762. The molecule has 0 amide bonds. The minimum Gasteiger partial charge on any atom is -0.496 e. The lowest BCUT2D eigenvalue weighted by Gasteiger charge is -2.39. The number of nitro benzene ring substituents is 1. The monoisotopic (exact) mass is 534 g/mol. The van der Waals surface area contributed by atoms with Gasteiger partial charge >= 0.3 is 11.9 Å². The number of allylic oxidation sites excluding steroid dienone is 3. The Hall–Kier alpha value is -4.47. The first-order valence-electron chi connectivity index (χ1n) is 12.7. The summed E-state index contributed by atoms with van der Waals surface area (Å²) in [6.07, 6.45) is 0.240. The third-order valence-corrected chi connectivity index (χ3v) is 7.01. The van der Waals surface area contributed by atoms with Crippen LogP contribution in [0.5, 0.6) is 5.75 Å². The van der Waals surface area contributed by atoms with Crippen LogP contribution in [-0.2, 0) is 23.9 Å². The summed E-state index contributed by atoms with van der Waals surface area (Å²) < 4.78 is 16.2. The maximum atomic E-state index is 14.3. The van der Waals surface area contributed by atoms with Gasteiger partial charge in [-0.3, -0.25) is 19.7 Å². The van der Waals surface area contributed by atoms with Gasteiger partial charge in [0.25, 0.3) is 5.69 Å². The molecule has 0 fully saturated rings. The number of methoxy groups -OCH3 is 1. The molecule has 0 saturated heterocycles. The van der Waals surface area contributed by atoms with Crippen molar-refractivity contribution in [2.24, 2.45) is 5.92 Å². The van der Waals surface area contributed by atoms with E-state index in [1.807, 2.05) is 6.07 Å². The molecule has 204 valence electrons. The van der Waals surface area contributed by atoms with Crippen LogP contribution in [0.1, 0.15) is 50.2 Å². The molecule has 10 nitrogen and oxygen atoms in total. The number of benzene rings is 2. The van der Waals surface area contributed by atoms with E-state index in [-0.39, 0.29) is 36.5 Å². The van der Waals surface area contributed by atoms with Crippen molar-refractivity contribution in [3.63, 3.8) is 0 Å². The highest BCUT2D eigenvalue weighted by molar-refractivity contribution is 6.13. The average molecular weight is 535 g/mol.